The third-order valence-corrected chi connectivity index (χ3v) is 22.7. The minimum absolute atomic E-state index is 1.11. The zero-order valence-electron chi connectivity index (χ0n) is 21.5. The van der Waals surface area contributed by atoms with E-state index >= 15 is 0 Å². The van der Waals surface area contributed by atoms with E-state index in [1.54, 1.807) is 0 Å². The summed E-state index contributed by atoms with van der Waals surface area (Å²) in [4.78, 5) is 0. The molecule has 1 heterocycles. The van der Waals surface area contributed by atoms with Crippen molar-refractivity contribution >= 4 is 34.2 Å². The van der Waals surface area contributed by atoms with Gasteiger partial charge in [-0.3, -0.25) is 0 Å². The van der Waals surface area contributed by atoms with Crippen LogP contribution in [0.4, 0.5) is 0 Å². The van der Waals surface area contributed by atoms with Crippen LogP contribution in [-0.2, 0) is 16.5 Å². The van der Waals surface area contributed by atoms with Gasteiger partial charge in [0.05, 0.1) is 0 Å². The minimum Gasteiger partial charge on any atom is -0.416 e. The molecule has 0 N–H and O–H groups in total. The average Bonchev–Trinajstić information content (AvgIpc) is 2.57. The number of hydrogen-bond donors (Lipinski definition) is 0. The molecule has 1 aliphatic heterocycles. The van der Waals surface area contributed by atoms with E-state index in [1.165, 1.54) is 77.0 Å². The molecule has 0 unspecified atom stereocenters. The topological polar surface area (TPSA) is 36.9 Å². The van der Waals surface area contributed by atoms with E-state index in [0.29, 0.717) is 0 Å². The summed E-state index contributed by atoms with van der Waals surface area (Å²) >= 11 is 0. The molecule has 0 aromatic heterocycles. The van der Waals surface area contributed by atoms with Crippen LogP contribution < -0.4 is 0 Å². The van der Waals surface area contributed by atoms with Crippen molar-refractivity contribution in [3.63, 3.8) is 0 Å². The van der Waals surface area contributed by atoms with Gasteiger partial charge in [-0.2, -0.15) is 0 Å². The van der Waals surface area contributed by atoms with Gasteiger partial charge in [0.25, 0.3) is 0 Å². The summed E-state index contributed by atoms with van der Waals surface area (Å²) in [6.07, 6.45) is 15.7. The van der Waals surface area contributed by atoms with Crippen LogP contribution in [0.1, 0.15) is 90.9 Å². The van der Waals surface area contributed by atoms with E-state index in [2.05, 4.69) is 53.1 Å². The lowest BCUT2D eigenvalue weighted by molar-refractivity contribution is 0.228. The first-order chi connectivity index (χ1) is 13.9. The van der Waals surface area contributed by atoms with Crippen LogP contribution in [0.25, 0.3) is 0 Å². The number of rotatable bonds is 14. The molecule has 0 saturated carbocycles. The van der Waals surface area contributed by atoms with Gasteiger partial charge in [-0.05, 0) is 51.4 Å². The first-order valence-corrected chi connectivity index (χ1v) is 23.4. The Balaban J connectivity index is 2.85. The fourth-order valence-electron chi connectivity index (χ4n) is 4.84. The van der Waals surface area contributed by atoms with Crippen LogP contribution in [0, 0.1) is 0 Å². The van der Waals surface area contributed by atoms with Crippen LogP contribution in [0.5, 0.6) is 0 Å². The molecule has 4 nitrogen and oxygen atoms in total. The Morgan fingerprint density at radius 3 is 1.07 bits per heavy atom. The van der Waals surface area contributed by atoms with Gasteiger partial charge in [-0.15, -0.1) is 0 Å². The minimum atomic E-state index is -2.34. The largest absolute Gasteiger partial charge is 0.416 e. The molecule has 0 amide bonds. The molecule has 8 heteroatoms. The highest BCUT2D eigenvalue weighted by atomic mass is 28.5. The Hall–Kier alpha value is 0.708. The molecular formula is C22H52O4Si4. The van der Waals surface area contributed by atoms with Crippen molar-refractivity contribution in [2.45, 2.75) is 142 Å². The Bertz CT molecular complexity index is 432. The van der Waals surface area contributed by atoms with Gasteiger partial charge in [0.2, 0.25) is 0 Å². The zero-order valence-corrected chi connectivity index (χ0v) is 25.5. The predicted molar refractivity (Wildman–Crippen MR) is 139 cm³/mol. The molecule has 1 fully saturated rings. The zero-order chi connectivity index (χ0) is 22.7. The highest BCUT2D eigenvalue weighted by molar-refractivity contribution is 6.93. The molecule has 1 saturated heterocycles. The summed E-state index contributed by atoms with van der Waals surface area (Å²) in [5, 5.41) is 0. The summed E-state index contributed by atoms with van der Waals surface area (Å²) in [6.45, 7) is 17.7. The Morgan fingerprint density at radius 2 is 0.700 bits per heavy atom. The van der Waals surface area contributed by atoms with E-state index in [4.69, 9.17) is 16.5 Å². The molecule has 1 aliphatic rings. The Kier molecular flexibility index (Phi) is 12.9. The molecular weight excluding hydrogens is 441 g/mol. The smallest absolute Gasteiger partial charge is 0.320 e. The molecule has 0 aromatic carbocycles. The van der Waals surface area contributed by atoms with Crippen LogP contribution in [0.2, 0.25) is 51.4 Å². The van der Waals surface area contributed by atoms with Gasteiger partial charge < -0.3 is 16.5 Å². The molecule has 0 aliphatic carbocycles. The number of unbranched alkanes of at least 4 members (excludes halogenated alkanes) is 10. The van der Waals surface area contributed by atoms with Gasteiger partial charge in [0, 0.05) is 0 Å². The lowest BCUT2D eigenvalue weighted by Gasteiger charge is -2.49. The highest BCUT2D eigenvalue weighted by Gasteiger charge is 2.53. The first-order valence-electron chi connectivity index (χ1n) is 12.8. The summed E-state index contributed by atoms with van der Waals surface area (Å²) < 4.78 is 27.2. The van der Waals surface area contributed by atoms with Gasteiger partial charge in [0.15, 0.2) is 0 Å². The molecule has 30 heavy (non-hydrogen) atoms. The van der Waals surface area contributed by atoms with Crippen molar-refractivity contribution in [2.75, 3.05) is 0 Å². The van der Waals surface area contributed by atoms with Crippen molar-refractivity contribution in [2.24, 2.45) is 0 Å². The molecule has 1 rings (SSSR count). The molecule has 0 aromatic rings. The SMILES string of the molecule is CCCCCCCC[Si]1(CCCCCCCC)O[Si](C)(C)O[Si](C)(C)O[Si](C)(C)O1. The second kappa shape index (κ2) is 13.4. The maximum absolute atomic E-state index is 7.02. The fourth-order valence-corrected chi connectivity index (χ4v) is 27.1. The second-order valence-corrected chi connectivity index (χ2v) is 25.0. The summed E-state index contributed by atoms with van der Waals surface area (Å²) in [5.74, 6) is 0. The third kappa shape index (κ3) is 12.1. The second-order valence-electron chi connectivity index (χ2n) is 10.6. The molecule has 0 atom stereocenters. The van der Waals surface area contributed by atoms with Crippen LogP contribution in [-0.4, -0.2) is 34.2 Å². The fraction of sp³-hybridized carbons (Fsp3) is 1.00. The molecule has 0 radical (unpaired) electrons. The van der Waals surface area contributed by atoms with E-state index in [9.17, 15) is 0 Å². The summed E-state index contributed by atoms with van der Waals surface area (Å²) in [6, 6.07) is 2.21. The number of hydrogen-bond acceptors (Lipinski definition) is 4. The first kappa shape index (κ1) is 28.7. The van der Waals surface area contributed by atoms with Crippen LogP contribution in [0.3, 0.4) is 0 Å². The van der Waals surface area contributed by atoms with Crippen molar-refractivity contribution < 1.29 is 16.5 Å². The van der Waals surface area contributed by atoms with Gasteiger partial charge >= 0.3 is 34.2 Å². The average molecular weight is 493 g/mol. The normalized spacial score (nSPS) is 22.4. The van der Waals surface area contributed by atoms with Gasteiger partial charge in [-0.1, -0.05) is 90.9 Å². The third-order valence-electron chi connectivity index (χ3n) is 5.67. The summed E-state index contributed by atoms with van der Waals surface area (Å²) in [7, 11) is -9.10. The van der Waals surface area contributed by atoms with Gasteiger partial charge in [0.1, 0.15) is 0 Å². The van der Waals surface area contributed by atoms with Gasteiger partial charge in [-0.25, -0.2) is 0 Å². The summed E-state index contributed by atoms with van der Waals surface area (Å²) in [5.41, 5.74) is 0. The maximum atomic E-state index is 7.02. The van der Waals surface area contributed by atoms with Crippen LogP contribution >= 0.6 is 0 Å². The quantitative estimate of drug-likeness (QED) is 0.180. The monoisotopic (exact) mass is 492 g/mol. The van der Waals surface area contributed by atoms with E-state index in [1.807, 2.05) is 0 Å². The Morgan fingerprint density at radius 1 is 0.400 bits per heavy atom. The predicted octanol–water partition coefficient (Wildman–Crippen LogP) is 8.34. The Labute approximate surface area is 192 Å². The van der Waals surface area contributed by atoms with Crippen molar-refractivity contribution in [3.8, 4) is 0 Å². The van der Waals surface area contributed by atoms with Crippen LogP contribution in [0.15, 0.2) is 0 Å². The lowest BCUT2D eigenvalue weighted by Crippen LogP contribution is -2.65. The van der Waals surface area contributed by atoms with E-state index in [0.717, 1.165) is 12.1 Å². The molecule has 180 valence electrons. The lowest BCUT2D eigenvalue weighted by atomic mass is 10.1. The highest BCUT2D eigenvalue weighted by Crippen LogP contribution is 2.36. The van der Waals surface area contributed by atoms with Crippen molar-refractivity contribution in [3.05, 3.63) is 0 Å². The molecule has 0 bridgehead atoms. The van der Waals surface area contributed by atoms with Crippen molar-refractivity contribution in [1.82, 2.24) is 0 Å². The van der Waals surface area contributed by atoms with E-state index in [-0.39, 0.29) is 0 Å². The van der Waals surface area contributed by atoms with Crippen molar-refractivity contribution in [1.29, 1.82) is 0 Å². The van der Waals surface area contributed by atoms with E-state index < -0.39 is 34.2 Å². The maximum Gasteiger partial charge on any atom is 0.320 e. The molecule has 0 spiro atoms. The standard InChI is InChI=1S/C22H52O4Si4/c1-9-11-13-15-17-19-21-30(22-20-18-16-14-12-10-2)25-28(5,6)23-27(3,4)24-29(7,8)26-30/h9-22H2,1-8H3.